The maximum absolute atomic E-state index is 6.29. The molecule has 2 heteroatoms. The first-order valence-corrected chi connectivity index (χ1v) is 9.93. The SMILES string of the molecule is Br.CCCCCCCCCCCCCc1ccccc1C(C)(C)N. The number of rotatable bonds is 13. The molecular formula is C22H40BrN. The van der Waals surface area contributed by atoms with Gasteiger partial charge in [0.1, 0.15) is 0 Å². The summed E-state index contributed by atoms with van der Waals surface area (Å²) in [7, 11) is 0. The Morgan fingerprint density at radius 1 is 0.750 bits per heavy atom. The van der Waals surface area contributed by atoms with Crippen LogP contribution < -0.4 is 5.73 Å². The van der Waals surface area contributed by atoms with Crippen LogP contribution in [-0.2, 0) is 12.0 Å². The van der Waals surface area contributed by atoms with E-state index in [2.05, 4.69) is 45.0 Å². The maximum atomic E-state index is 6.29. The smallest absolute Gasteiger partial charge is 0.0355 e. The van der Waals surface area contributed by atoms with E-state index in [4.69, 9.17) is 5.73 Å². The molecule has 0 fully saturated rings. The molecule has 1 nitrogen and oxygen atoms in total. The summed E-state index contributed by atoms with van der Waals surface area (Å²) >= 11 is 0. The van der Waals surface area contributed by atoms with Crippen molar-refractivity contribution in [1.82, 2.24) is 0 Å². The minimum absolute atomic E-state index is 0. The van der Waals surface area contributed by atoms with Crippen molar-refractivity contribution in [1.29, 1.82) is 0 Å². The first-order chi connectivity index (χ1) is 11.1. The summed E-state index contributed by atoms with van der Waals surface area (Å²) in [4.78, 5) is 0. The van der Waals surface area contributed by atoms with Crippen LogP contribution in [0.5, 0.6) is 0 Å². The molecular weight excluding hydrogens is 358 g/mol. The van der Waals surface area contributed by atoms with Crippen LogP contribution in [0.1, 0.15) is 103 Å². The molecule has 0 aromatic heterocycles. The average molecular weight is 398 g/mol. The van der Waals surface area contributed by atoms with Crippen molar-refractivity contribution >= 4 is 17.0 Å². The van der Waals surface area contributed by atoms with Gasteiger partial charge in [-0.2, -0.15) is 0 Å². The summed E-state index contributed by atoms with van der Waals surface area (Å²) in [6.45, 7) is 6.49. The number of aryl methyl sites for hydroxylation is 1. The Labute approximate surface area is 161 Å². The third-order valence-corrected chi connectivity index (χ3v) is 4.76. The second kappa shape index (κ2) is 13.9. The lowest BCUT2D eigenvalue weighted by atomic mass is 9.89. The van der Waals surface area contributed by atoms with Crippen molar-refractivity contribution in [2.45, 2.75) is 103 Å². The molecule has 0 saturated heterocycles. The van der Waals surface area contributed by atoms with Crippen LogP contribution in [0, 0.1) is 0 Å². The lowest BCUT2D eigenvalue weighted by Gasteiger charge is -2.23. The van der Waals surface area contributed by atoms with Gasteiger partial charge in [0.2, 0.25) is 0 Å². The van der Waals surface area contributed by atoms with Crippen LogP contribution in [-0.4, -0.2) is 0 Å². The normalized spacial score (nSPS) is 11.3. The van der Waals surface area contributed by atoms with Crippen LogP contribution in [0.3, 0.4) is 0 Å². The topological polar surface area (TPSA) is 26.0 Å². The van der Waals surface area contributed by atoms with E-state index in [1.165, 1.54) is 88.2 Å². The van der Waals surface area contributed by atoms with Gasteiger partial charge in [0.05, 0.1) is 0 Å². The van der Waals surface area contributed by atoms with E-state index in [1.807, 2.05) is 0 Å². The van der Waals surface area contributed by atoms with Crippen LogP contribution >= 0.6 is 17.0 Å². The summed E-state index contributed by atoms with van der Waals surface area (Å²) in [5, 5.41) is 0. The zero-order chi connectivity index (χ0) is 17.0. The minimum atomic E-state index is -0.228. The third-order valence-electron chi connectivity index (χ3n) is 4.76. The molecule has 0 aliphatic carbocycles. The molecule has 0 heterocycles. The molecule has 0 bridgehead atoms. The molecule has 1 rings (SSSR count). The Morgan fingerprint density at radius 3 is 1.71 bits per heavy atom. The summed E-state index contributed by atoms with van der Waals surface area (Å²) in [6, 6.07) is 8.69. The van der Waals surface area contributed by atoms with Gasteiger partial charge in [0.15, 0.2) is 0 Å². The van der Waals surface area contributed by atoms with Crippen molar-refractivity contribution in [2.24, 2.45) is 5.73 Å². The van der Waals surface area contributed by atoms with Crippen molar-refractivity contribution < 1.29 is 0 Å². The molecule has 1 aromatic carbocycles. The summed E-state index contributed by atoms with van der Waals surface area (Å²) in [5.41, 5.74) is 8.81. The Kier molecular flexibility index (Phi) is 13.7. The fourth-order valence-corrected chi connectivity index (χ4v) is 3.35. The lowest BCUT2D eigenvalue weighted by molar-refractivity contribution is 0.537. The van der Waals surface area contributed by atoms with Gasteiger partial charge in [-0.15, -0.1) is 17.0 Å². The molecule has 0 spiro atoms. The molecule has 0 aliphatic rings. The number of benzene rings is 1. The summed E-state index contributed by atoms with van der Waals surface area (Å²) < 4.78 is 0. The van der Waals surface area contributed by atoms with Gasteiger partial charge < -0.3 is 5.73 Å². The van der Waals surface area contributed by atoms with E-state index in [-0.39, 0.29) is 22.5 Å². The number of nitrogens with two attached hydrogens (primary N) is 1. The van der Waals surface area contributed by atoms with Crippen LogP contribution in [0.25, 0.3) is 0 Å². The van der Waals surface area contributed by atoms with E-state index < -0.39 is 0 Å². The van der Waals surface area contributed by atoms with Gasteiger partial charge in [-0.1, -0.05) is 95.4 Å². The Morgan fingerprint density at radius 2 is 1.21 bits per heavy atom. The Balaban J connectivity index is 0.00000529. The molecule has 0 aliphatic heterocycles. The van der Waals surface area contributed by atoms with E-state index >= 15 is 0 Å². The number of halogens is 1. The first-order valence-electron chi connectivity index (χ1n) is 9.93. The molecule has 2 N–H and O–H groups in total. The van der Waals surface area contributed by atoms with Gasteiger partial charge in [0, 0.05) is 5.54 Å². The summed E-state index contributed by atoms with van der Waals surface area (Å²) in [6.07, 6.45) is 16.6. The highest BCUT2D eigenvalue weighted by Gasteiger charge is 2.17. The highest BCUT2D eigenvalue weighted by molar-refractivity contribution is 8.93. The maximum Gasteiger partial charge on any atom is 0.0355 e. The van der Waals surface area contributed by atoms with Gasteiger partial charge in [-0.3, -0.25) is 0 Å². The van der Waals surface area contributed by atoms with E-state index in [1.54, 1.807) is 0 Å². The van der Waals surface area contributed by atoms with Crippen molar-refractivity contribution in [2.75, 3.05) is 0 Å². The van der Waals surface area contributed by atoms with Crippen LogP contribution in [0.4, 0.5) is 0 Å². The number of unbranched alkanes of at least 4 members (excludes halogenated alkanes) is 10. The molecule has 0 radical (unpaired) electrons. The number of hydrogen-bond acceptors (Lipinski definition) is 1. The van der Waals surface area contributed by atoms with Gasteiger partial charge in [-0.05, 0) is 37.8 Å². The third kappa shape index (κ3) is 10.5. The first kappa shape index (κ1) is 23.7. The minimum Gasteiger partial charge on any atom is -0.322 e. The van der Waals surface area contributed by atoms with Gasteiger partial charge in [-0.25, -0.2) is 0 Å². The molecule has 0 atom stereocenters. The van der Waals surface area contributed by atoms with E-state index in [0.29, 0.717) is 0 Å². The van der Waals surface area contributed by atoms with Gasteiger partial charge in [0.25, 0.3) is 0 Å². The fraction of sp³-hybridized carbons (Fsp3) is 0.727. The zero-order valence-electron chi connectivity index (χ0n) is 16.3. The predicted molar refractivity (Wildman–Crippen MR) is 114 cm³/mol. The molecule has 24 heavy (non-hydrogen) atoms. The monoisotopic (exact) mass is 397 g/mol. The zero-order valence-corrected chi connectivity index (χ0v) is 18.0. The van der Waals surface area contributed by atoms with Crippen LogP contribution in [0.15, 0.2) is 24.3 Å². The molecule has 0 amide bonds. The van der Waals surface area contributed by atoms with Crippen LogP contribution in [0.2, 0.25) is 0 Å². The second-order valence-corrected chi connectivity index (χ2v) is 7.66. The highest BCUT2D eigenvalue weighted by atomic mass is 79.9. The van der Waals surface area contributed by atoms with Crippen molar-refractivity contribution in [3.63, 3.8) is 0 Å². The Hall–Kier alpha value is -0.340. The lowest BCUT2D eigenvalue weighted by Crippen LogP contribution is -2.30. The van der Waals surface area contributed by atoms with Gasteiger partial charge >= 0.3 is 0 Å². The predicted octanol–water partition coefficient (Wildman–Crippen LogP) is 7.31. The van der Waals surface area contributed by atoms with E-state index in [9.17, 15) is 0 Å². The van der Waals surface area contributed by atoms with E-state index in [0.717, 1.165) is 0 Å². The second-order valence-electron chi connectivity index (χ2n) is 7.66. The molecule has 0 unspecified atom stereocenters. The standard InChI is InChI=1S/C22H39N.BrH/c1-4-5-6-7-8-9-10-11-12-13-14-17-20-18-15-16-19-21(20)22(2,3)23;/h15-16,18-19H,4-14,17,23H2,1-3H3;1H. The quantitative estimate of drug-likeness (QED) is 0.346. The fourth-order valence-electron chi connectivity index (χ4n) is 3.35. The average Bonchev–Trinajstić information content (AvgIpc) is 2.52. The molecule has 140 valence electrons. The highest BCUT2D eigenvalue weighted by Crippen LogP contribution is 2.23. The number of hydrogen-bond donors (Lipinski definition) is 1. The molecule has 1 aromatic rings. The molecule has 0 saturated carbocycles. The van der Waals surface area contributed by atoms with Crippen molar-refractivity contribution in [3.05, 3.63) is 35.4 Å². The Bertz CT molecular complexity index is 409. The summed E-state index contributed by atoms with van der Waals surface area (Å²) in [5.74, 6) is 0. The largest absolute Gasteiger partial charge is 0.322 e. The van der Waals surface area contributed by atoms with Crippen molar-refractivity contribution in [3.8, 4) is 0 Å².